The number of nitrogens with two attached hydrogens (primary N) is 1. The first-order valence-electron chi connectivity index (χ1n) is 7.75. The molecule has 0 saturated carbocycles. The van der Waals surface area contributed by atoms with Gasteiger partial charge in [0.25, 0.3) is 0 Å². The van der Waals surface area contributed by atoms with Crippen molar-refractivity contribution in [2.24, 2.45) is 5.73 Å². The molecule has 0 bridgehead atoms. The molecule has 0 aliphatic carbocycles. The highest BCUT2D eigenvalue weighted by atomic mass is 16.3. The molecule has 0 aliphatic rings. The summed E-state index contributed by atoms with van der Waals surface area (Å²) in [5.74, 6) is 0. The van der Waals surface area contributed by atoms with Gasteiger partial charge in [-0.1, -0.05) is 62.4 Å². The maximum atomic E-state index is 9.08. The first kappa shape index (κ1) is 17.2. The summed E-state index contributed by atoms with van der Waals surface area (Å²) in [4.78, 5) is 0. The molecule has 0 aliphatic heterocycles. The Morgan fingerprint density at radius 1 is 0.800 bits per heavy atom. The highest BCUT2D eigenvalue weighted by Crippen LogP contribution is 2.14. The van der Waals surface area contributed by atoms with E-state index in [0.717, 1.165) is 12.8 Å². The minimum Gasteiger partial charge on any atom is -0.394 e. The second kappa shape index (κ2) is 9.92. The standard InChI is InChI=1S/C17H29NO2/c18-17(14-19,15-20)13-9-4-2-1-3-6-10-16-11-7-5-8-12-16/h5,7-8,11-12,19-20H,1-4,6,9-10,13-15,18H2. The molecule has 1 aromatic carbocycles. The van der Waals surface area contributed by atoms with Crippen LogP contribution in [0, 0.1) is 0 Å². The molecule has 0 unspecified atom stereocenters. The first-order chi connectivity index (χ1) is 9.70. The van der Waals surface area contributed by atoms with Crippen LogP contribution < -0.4 is 5.73 Å². The zero-order valence-electron chi connectivity index (χ0n) is 12.4. The molecule has 0 fully saturated rings. The largest absolute Gasteiger partial charge is 0.394 e. The number of unbranched alkanes of at least 4 members (excludes halogenated alkanes) is 5. The van der Waals surface area contributed by atoms with Gasteiger partial charge < -0.3 is 15.9 Å². The lowest BCUT2D eigenvalue weighted by Gasteiger charge is -2.24. The van der Waals surface area contributed by atoms with Crippen LogP contribution in [0.15, 0.2) is 30.3 Å². The Kier molecular flexibility index (Phi) is 8.51. The lowest BCUT2D eigenvalue weighted by atomic mass is 9.94. The molecule has 0 radical (unpaired) electrons. The molecule has 1 aromatic rings. The number of aryl methyl sites for hydroxylation is 1. The Hall–Kier alpha value is -0.900. The molecule has 0 aromatic heterocycles. The monoisotopic (exact) mass is 279 g/mol. The molecule has 20 heavy (non-hydrogen) atoms. The second-order valence-electron chi connectivity index (χ2n) is 5.79. The second-order valence-corrected chi connectivity index (χ2v) is 5.79. The summed E-state index contributed by atoms with van der Waals surface area (Å²) in [6.07, 6.45) is 8.96. The van der Waals surface area contributed by atoms with Gasteiger partial charge >= 0.3 is 0 Å². The van der Waals surface area contributed by atoms with Gasteiger partial charge in [-0.3, -0.25) is 0 Å². The van der Waals surface area contributed by atoms with Crippen LogP contribution in [0.25, 0.3) is 0 Å². The fourth-order valence-corrected chi connectivity index (χ4v) is 2.37. The Morgan fingerprint density at radius 3 is 1.95 bits per heavy atom. The van der Waals surface area contributed by atoms with Crippen molar-refractivity contribution in [1.82, 2.24) is 0 Å². The normalized spacial score (nSPS) is 11.8. The Morgan fingerprint density at radius 2 is 1.35 bits per heavy atom. The number of benzene rings is 1. The summed E-state index contributed by atoms with van der Waals surface area (Å²) < 4.78 is 0. The van der Waals surface area contributed by atoms with Crippen LogP contribution in [-0.4, -0.2) is 29.0 Å². The van der Waals surface area contributed by atoms with E-state index in [1.165, 1.54) is 37.7 Å². The summed E-state index contributed by atoms with van der Waals surface area (Å²) in [6.45, 7) is -0.277. The lowest BCUT2D eigenvalue weighted by Crippen LogP contribution is -2.47. The molecule has 0 spiro atoms. The van der Waals surface area contributed by atoms with Crippen LogP contribution in [0.2, 0.25) is 0 Å². The van der Waals surface area contributed by atoms with E-state index in [2.05, 4.69) is 30.3 Å². The van der Waals surface area contributed by atoms with Crippen molar-refractivity contribution in [3.8, 4) is 0 Å². The SMILES string of the molecule is NC(CO)(CO)CCCCCCCCc1ccccc1. The number of hydrogen-bond donors (Lipinski definition) is 3. The maximum absolute atomic E-state index is 9.08. The molecule has 0 atom stereocenters. The molecule has 0 heterocycles. The fourth-order valence-electron chi connectivity index (χ4n) is 2.37. The van der Waals surface area contributed by atoms with Gasteiger partial charge in [-0.05, 0) is 24.8 Å². The Bertz CT molecular complexity index is 336. The van der Waals surface area contributed by atoms with E-state index >= 15 is 0 Å². The topological polar surface area (TPSA) is 66.5 Å². The van der Waals surface area contributed by atoms with Crippen LogP contribution >= 0.6 is 0 Å². The van der Waals surface area contributed by atoms with Gasteiger partial charge in [-0.15, -0.1) is 0 Å². The van der Waals surface area contributed by atoms with E-state index < -0.39 is 5.54 Å². The third-order valence-corrected chi connectivity index (χ3v) is 3.86. The average Bonchev–Trinajstić information content (AvgIpc) is 2.50. The summed E-state index contributed by atoms with van der Waals surface area (Å²) in [6, 6.07) is 10.6. The Labute approximate surface area is 122 Å². The van der Waals surface area contributed by atoms with Crippen LogP contribution in [-0.2, 0) is 6.42 Å². The van der Waals surface area contributed by atoms with Gasteiger partial charge in [-0.2, -0.15) is 0 Å². The quantitative estimate of drug-likeness (QED) is 0.546. The van der Waals surface area contributed by atoms with E-state index in [1.807, 2.05) is 0 Å². The molecular formula is C17H29NO2. The van der Waals surface area contributed by atoms with Gasteiger partial charge in [0.2, 0.25) is 0 Å². The zero-order valence-corrected chi connectivity index (χ0v) is 12.4. The molecule has 1 rings (SSSR count). The minimum atomic E-state index is -0.784. The van der Waals surface area contributed by atoms with E-state index in [9.17, 15) is 0 Å². The summed E-state index contributed by atoms with van der Waals surface area (Å²) in [5, 5.41) is 18.2. The van der Waals surface area contributed by atoms with Gasteiger partial charge in [0.05, 0.1) is 18.8 Å². The van der Waals surface area contributed by atoms with Crippen molar-refractivity contribution < 1.29 is 10.2 Å². The van der Waals surface area contributed by atoms with Gasteiger partial charge in [0, 0.05) is 0 Å². The molecule has 0 amide bonds. The molecule has 3 nitrogen and oxygen atoms in total. The van der Waals surface area contributed by atoms with Gasteiger partial charge in [0.15, 0.2) is 0 Å². The minimum absolute atomic E-state index is 0.138. The van der Waals surface area contributed by atoms with Crippen molar-refractivity contribution >= 4 is 0 Å². The average molecular weight is 279 g/mol. The highest BCUT2D eigenvalue weighted by molar-refractivity contribution is 5.14. The highest BCUT2D eigenvalue weighted by Gasteiger charge is 2.21. The van der Waals surface area contributed by atoms with Gasteiger partial charge in [-0.25, -0.2) is 0 Å². The number of aliphatic hydroxyl groups excluding tert-OH is 2. The summed E-state index contributed by atoms with van der Waals surface area (Å²) in [7, 11) is 0. The molecule has 3 heteroatoms. The Balaban J connectivity index is 1.95. The molecule has 0 saturated heterocycles. The zero-order chi connectivity index (χ0) is 14.7. The van der Waals surface area contributed by atoms with E-state index in [-0.39, 0.29) is 13.2 Å². The number of rotatable bonds is 11. The van der Waals surface area contributed by atoms with Crippen molar-refractivity contribution in [1.29, 1.82) is 0 Å². The predicted octanol–water partition coefficient (Wildman–Crippen LogP) is 2.64. The summed E-state index contributed by atoms with van der Waals surface area (Å²) in [5.41, 5.74) is 6.46. The number of hydrogen-bond acceptors (Lipinski definition) is 3. The van der Waals surface area contributed by atoms with Crippen LogP contribution in [0.4, 0.5) is 0 Å². The van der Waals surface area contributed by atoms with Crippen molar-refractivity contribution in [3.05, 3.63) is 35.9 Å². The van der Waals surface area contributed by atoms with Crippen molar-refractivity contribution in [3.63, 3.8) is 0 Å². The van der Waals surface area contributed by atoms with Crippen LogP contribution in [0.3, 0.4) is 0 Å². The van der Waals surface area contributed by atoms with Crippen LogP contribution in [0.5, 0.6) is 0 Å². The van der Waals surface area contributed by atoms with E-state index in [4.69, 9.17) is 15.9 Å². The predicted molar refractivity (Wildman–Crippen MR) is 83.6 cm³/mol. The third kappa shape index (κ3) is 7.04. The smallest absolute Gasteiger partial charge is 0.0633 e. The lowest BCUT2D eigenvalue weighted by molar-refractivity contribution is 0.112. The fraction of sp³-hybridized carbons (Fsp3) is 0.647. The van der Waals surface area contributed by atoms with E-state index in [0.29, 0.717) is 6.42 Å². The van der Waals surface area contributed by atoms with Crippen molar-refractivity contribution in [2.75, 3.05) is 13.2 Å². The third-order valence-electron chi connectivity index (χ3n) is 3.86. The summed E-state index contributed by atoms with van der Waals surface area (Å²) >= 11 is 0. The molecule has 114 valence electrons. The van der Waals surface area contributed by atoms with E-state index in [1.54, 1.807) is 0 Å². The van der Waals surface area contributed by atoms with Gasteiger partial charge in [0.1, 0.15) is 0 Å². The first-order valence-corrected chi connectivity index (χ1v) is 7.75. The number of aliphatic hydroxyl groups is 2. The van der Waals surface area contributed by atoms with Crippen LogP contribution in [0.1, 0.15) is 50.5 Å². The maximum Gasteiger partial charge on any atom is 0.0633 e. The molecule has 4 N–H and O–H groups in total. The molecular weight excluding hydrogens is 250 g/mol. The van der Waals surface area contributed by atoms with Crippen molar-refractivity contribution in [2.45, 2.75) is 56.9 Å².